The third kappa shape index (κ3) is 9.86. The number of nitrogens with one attached hydrogen (secondary N) is 4. The van der Waals surface area contributed by atoms with Crippen LogP contribution in [-0.4, -0.2) is 90.8 Å². The number of carbonyl (C=O) groups is 6. The minimum atomic E-state index is -1.46. The Bertz CT molecular complexity index is 894. The number of carboxylic acids is 3. The number of nitrogens with zero attached hydrogens (tertiary/aromatic N) is 1. The normalized spacial score (nSPS) is 14.2. The second-order valence-corrected chi connectivity index (χ2v) is 7.49. The summed E-state index contributed by atoms with van der Waals surface area (Å²) >= 11 is 3.94. The summed E-state index contributed by atoms with van der Waals surface area (Å²) in [6.45, 7) is 0. The first-order chi connectivity index (χ1) is 15.9. The predicted molar refractivity (Wildman–Crippen MR) is 117 cm³/mol. The molecule has 4 unspecified atom stereocenters. The van der Waals surface area contributed by atoms with E-state index in [-0.39, 0.29) is 18.6 Å². The van der Waals surface area contributed by atoms with E-state index in [0.29, 0.717) is 5.69 Å². The average molecular weight is 503 g/mol. The fourth-order valence-corrected chi connectivity index (χ4v) is 2.91. The maximum absolute atomic E-state index is 12.7. The zero-order chi connectivity index (χ0) is 25.8. The highest BCUT2D eigenvalue weighted by Gasteiger charge is 2.30. The zero-order valence-electron chi connectivity index (χ0n) is 17.8. The Hall–Kier alpha value is -3.66. The second kappa shape index (κ2) is 13.8. The Morgan fingerprint density at radius 1 is 0.941 bits per heavy atom. The largest absolute Gasteiger partial charge is 0.481 e. The molecule has 16 heteroatoms. The standard InChI is InChI=1S/C18H26N6O9S/c19-9(4-14(27)28)15(29)24-12(6-34)17(31)22-10(1-2-13(25)26)16(30)23-11(18(32)33)3-8-5-20-7-21-8/h5,7,9-12,34H,1-4,6,19H2,(H,20,21)(H,22,31)(H,23,30)(H,24,29)(H,25,26)(H,27,28)(H,32,33). The van der Waals surface area contributed by atoms with E-state index in [1.807, 2.05) is 0 Å². The summed E-state index contributed by atoms with van der Waals surface area (Å²) in [4.78, 5) is 77.0. The van der Waals surface area contributed by atoms with Gasteiger partial charge in [0.2, 0.25) is 17.7 Å². The van der Waals surface area contributed by atoms with Gasteiger partial charge in [0.1, 0.15) is 18.1 Å². The molecule has 0 aliphatic rings. The van der Waals surface area contributed by atoms with Gasteiger partial charge in [-0.25, -0.2) is 9.78 Å². The summed E-state index contributed by atoms with van der Waals surface area (Å²) in [5.41, 5.74) is 5.86. The lowest BCUT2D eigenvalue weighted by Crippen LogP contribution is -2.58. The fraction of sp³-hybridized carbons (Fsp3) is 0.500. The van der Waals surface area contributed by atoms with Gasteiger partial charge in [-0.05, 0) is 6.42 Å². The molecule has 0 saturated heterocycles. The molecule has 0 radical (unpaired) electrons. The summed E-state index contributed by atoms with van der Waals surface area (Å²) in [5.74, 6) is -7.08. The molecule has 0 fully saturated rings. The Balaban J connectivity index is 2.90. The smallest absolute Gasteiger partial charge is 0.326 e. The van der Waals surface area contributed by atoms with Gasteiger partial charge in [-0.1, -0.05) is 0 Å². The van der Waals surface area contributed by atoms with Crippen molar-refractivity contribution in [3.8, 4) is 0 Å². The molecule has 9 N–H and O–H groups in total. The van der Waals surface area contributed by atoms with Gasteiger partial charge < -0.3 is 42.0 Å². The molecule has 1 heterocycles. The summed E-state index contributed by atoms with van der Waals surface area (Å²) < 4.78 is 0. The molecule has 0 aliphatic heterocycles. The number of aliphatic carboxylic acids is 3. The number of aromatic nitrogens is 2. The van der Waals surface area contributed by atoms with Crippen LogP contribution < -0.4 is 21.7 Å². The van der Waals surface area contributed by atoms with E-state index in [1.54, 1.807) is 0 Å². The summed E-state index contributed by atoms with van der Waals surface area (Å²) in [6.07, 6.45) is 0.925. The molecule has 34 heavy (non-hydrogen) atoms. The second-order valence-electron chi connectivity index (χ2n) is 7.12. The van der Waals surface area contributed by atoms with E-state index in [4.69, 9.17) is 15.9 Å². The number of thiol groups is 1. The lowest BCUT2D eigenvalue weighted by Gasteiger charge is -2.24. The molecule has 1 aromatic rings. The molecule has 15 nitrogen and oxygen atoms in total. The molecule has 0 spiro atoms. The van der Waals surface area contributed by atoms with Crippen molar-refractivity contribution in [2.45, 2.75) is 49.9 Å². The molecule has 3 amide bonds. The summed E-state index contributed by atoms with van der Waals surface area (Å²) in [7, 11) is 0. The highest BCUT2D eigenvalue weighted by molar-refractivity contribution is 7.80. The van der Waals surface area contributed by atoms with Crippen molar-refractivity contribution < 1.29 is 44.1 Å². The number of hydrogen-bond acceptors (Lipinski definition) is 9. The van der Waals surface area contributed by atoms with Crippen LogP contribution in [0, 0.1) is 0 Å². The third-order valence-electron chi connectivity index (χ3n) is 4.42. The molecule has 0 bridgehead atoms. The average Bonchev–Trinajstić information content (AvgIpc) is 3.26. The number of aromatic amines is 1. The van der Waals surface area contributed by atoms with Gasteiger partial charge in [0.25, 0.3) is 0 Å². The molecular weight excluding hydrogens is 476 g/mol. The van der Waals surface area contributed by atoms with Crippen molar-refractivity contribution in [3.05, 3.63) is 18.2 Å². The van der Waals surface area contributed by atoms with Gasteiger partial charge in [0.05, 0.1) is 18.8 Å². The number of amides is 3. The van der Waals surface area contributed by atoms with Crippen LogP contribution in [0.15, 0.2) is 12.5 Å². The van der Waals surface area contributed by atoms with Crippen molar-refractivity contribution in [2.24, 2.45) is 5.73 Å². The number of H-pyrrole nitrogens is 1. The van der Waals surface area contributed by atoms with Crippen LogP contribution in [0.3, 0.4) is 0 Å². The van der Waals surface area contributed by atoms with Crippen molar-refractivity contribution in [3.63, 3.8) is 0 Å². The SMILES string of the molecule is NC(CC(=O)O)C(=O)NC(CS)C(=O)NC(CCC(=O)O)C(=O)NC(Cc1cnc[nH]1)C(=O)O. The molecule has 0 aliphatic carbocycles. The Labute approximate surface area is 198 Å². The van der Waals surface area contributed by atoms with Crippen LogP contribution in [0.5, 0.6) is 0 Å². The van der Waals surface area contributed by atoms with Crippen molar-refractivity contribution >= 4 is 48.3 Å². The van der Waals surface area contributed by atoms with E-state index < -0.39 is 72.6 Å². The first-order valence-electron chi connectivity index (χ1n) is 9.85. The van der Waals surface area contributed by atoms with Crippen LogP contribution >= 0.6 is 12.6 Å². The van der Waals surface area contributed by atoms with Gasteiger partial charge in [-0.2, -0.15) is 12.6 Å². The van der Waals surface area contributed by atoms with E-state index in [0.717, 1.165) is 0 Å². The van der Waals surface area contributed by atoms with E-state index in [9.17, 15) is 33.9 Å². The highest BCUT2D eigenvalue weighted by Crippen LogP contribution is 2.04. The first-order valence-corrected chi connectivity index (χ1v) is 10.5. The Morgan fingerprint density at radius 3 is 2.03 bits per heavy atom. The van der Waals surface area contributed by atoms with Crippen LogP contribution in [0.25, 0.3) is 0 Å². The van der Waals surface area contributed by atoms with Crippen molar-refractivity contribution in [1.82, 2.24) is 25.9 Å². The number of imidazole rings is 1. The first kappa shape index (κ1) is 28.4. The van der Waals surface area contributed by atoms with E-state index in [2.05, 4.69) is 38.5 Å². The summed E-state index contributed by atoms with van der Waals surface area (Å²) in [6, 6.07) is -5.65. The third-order valence-corrected chi connectivity index (χ3v) is 4.79. The molecule has 4 atom stereocenters. The summed E-state index contributed by atoms with van der Waals surface area (Å²) in [5, 5.41) is 33.8. The van der Waals surface area contributed by atoms with E-state index >= 15 is 0 Å². The van der Waals surface area contributed by atoms with Gasteiger partial charge in [-0.15, -0.1) is 0 Å². The predicted octanol–water partition coefficient (Wildman–Crippen LogP) is -2.91. The molecule has 1 aromatic heterocycles. The van der Waals surface area contributed by atoms with Gasteiger partial charge in [0.15, 0.2) is 0 Å². The van der Waals surface area contributed by atoms with Crippen LogP contribution in [0.2, 0.25) is 0 Å². The van der Waals surface area contributed by atoms with Crippen molar-refractivity contribution in [2.75, 3.05) is 5.75 Å². The lowest BCUT2D eigenvalue weighted by molar-refractivity contribution is -0.143. The van der Waals surface area contributed by atoms with Gasteiger partial charge in [0, 0.05) is 30.5 Å². The monoisotopic (exact) mass is 502 g/mol. The lowest BCUT2D eigenvalue weighted by atomic mass is 10.1. The maximum Gasteiger partial charge on any atom is 0.326 e. The molecule has 0 saturated carbocycles. The zero-order valence-corrected chi connectivity index (χ0v) is 18.7. The van der Waals surface area contributed by atoms with E-state index in [1.165, 1.54) is 12.5 Å². The molecular formula is C18H26N6O9S. The number of carbonyl (C=O) groups excluding carboxylic acids is 3. The topological polar surface area (TPSA) is 254 Å². The number of hydrogen-bond donors (Lipinski definition) is 9. The minimum Gasteiger partial charge on any atom is -0.481 e. The van der Waals surface area contributed by atoms with Gasteiger partial charge >= 0.3 is 17.9 Å². The number of carboxylic acid groups (broad SMARTS) is 3. The fourth-order valence-electron chi connectivity index (χ4n) is 2.65. The number of nitrogens with two attached hydrogens (primary N) is 1. The molecule has 0 aromatic carbocycles. The quantitative estimate of drug-likeness (QED) is 0.110. The Kier molecular flexibility index (Phi) is 11.5. The Morgan fingerprint density at radius 2 is 1.53 bits per heavy atom. The van der Waals surface area contributed by atoms with Crippen LogP contribution in [0.4, 0.5) is 0 Å². The van der Waals surface area contributed by atoms with Crippen LogP contribution in [0.1, 0.15) is 25.0 Å². The minimum absolute atomic E-state index is 0.155. The molecule has 188 valence electrons. The maximum atomic E-state index is 12.7. The van der Waals surface area contributed by atoms with Gasteiger partial charge in [-0.3, -0.25) is 24.0 Å². The van der Waals surface area contributed by atoms with Crippen LogP contribution in [-0.2, 0) is 35.2 Å². The van der Waals surface area contributed by atoms with Crippen molar-refractivity contribution in [1.29, 1.82) is 0 Å². The number of rotatable bonds is 15. The molecule has 1 rings (SSSR count). The highest BCUT2D eigenvalue weighted by atomic mass is 32.1.